The molecule has 94 valence electrons. The number of aliphatic hydroxyl groups is 1. The van der Waals surface area contributed by atoms with E-state index in [9.17, 15) is 5.11 Å². The Hall–Kier alpha value is -0.0500. The van der Waals surface area contributed by atoms with Crippen LogP contribution in [0.3, 0.4) is 0 Å². The van der Waals surface area contributed by atoms with Gasteiger partial charge in [-0.3, -0.25) is 0 Å². The van der Waals surface area contributed by atoms with Crippen molar-refractivity contribution < 1.29 is 5.11 Å². The lowest BCUT2D eigenvalue weighted by Crippen LogP contribution is -2.24. The van der Waals surface area contributed by atoms with Crippen molar-refractivity contribution in [1.29, 1.82) is 0 Å². The van der Waals surface area contributed by atoms with Gasteiger partial charge < -0.3 is 5.11 Å². The largest absolute Gasteiger partial charge is 0.385 e. The molecule has 1 aromatic rings. The first-order valence-corrected chi connectivity index (χ1v) is 7.34. The molecule has 2 rings (SSSR count). The molecule has 0 saturated heterocycles. The number of hydrogen-bond donors (Lipinski definition) is 1. The average Bonchev–Trinajstić information content (AvgIpc) is 2.68. The molecule has 1 aromatic carbocycles. The van der Waals surface area contributed by atoms with Crippen LogP contribution in [0.5, 0.6) is 0 Å². The van der Waals surface area contributed by atoms with Crippen LogP contribution in [0, 0.1) is 5.92 Å². The van der Waals surface area contributed by atoms with E-state index in [2.05, 4.69) is 15.9 Å². The van der Waals surface area contributed by atoms with Gasteiger partial charge in [-0.2, -0.15) is 0 Å². The number of halogens is 2. The molecule has 0 bridgehead atoms. The minimum atomic E-state index is -0.813. The highest BCUT2D eigenvalue weighted by molar-refractivity contribution is 9.10. The van der Waals surface area contributed by atoms with Crippen molar-refractivity contribution in [3.63, 3.8) is 0 Å². The zero-order valence-electron chi connectivity index (χ0n) is 10.0. The van der Waals surface area contributed by atoms with Gasteiger partial charge in [0.2, 0.25) is 0 Å². The number of rotatable bonds is 3. The van der Waals surface area contributed by atoms with Crippen molar-refractivity contribution in [2.45, 2.75) is 44.6 Å². The summed E-state index contributed by atoms with van der Waals surface area (Å²) < 4.78 is 0.947. The van der Waals surface area contributed by atoms with Gasteiger partial charge in [0.25, 0.3) is 0 Å². The molecule has 0 spiro atoms. The van der Waals surface area contributed by atoms with E-state index in [1.807, 2.05) is 25.1 Å². The first-order chi connectivity index (χ1) is 7.99. The highest BCUT2D eigenvalue weighted by atomic mass is 79.9. The summed E-state index contributed by atoms with van der Waals surface area (Å²) in [6, 6.07) is 5.70. The summed E-state index contributed by atoms with van der Waals surface area (Å²) in [4.78, 5) is 0. The van der Waals surface area contributed by atoms with Gasteiger partial charge in [0.1, 0.15) is 0 Å². The van der Waals surface area contributed by atoms with Crippen molar-refractivity contribution >= 4 is 27.5 Å². The van der Waals surface area contributed by atoms with Crippen molar-refractivity contribution in [3.05, 3.63) is 33.3 Å². The molecule has 1 aliphatic rings. The van der Waals surface area contributed by atoms with E-state index in [0.29, 0.717) is 10.9 Å². The van der Waals surface area contributed by atoms with Gasteiger partial charge in [0, 0.05) is 15.1 Å². The maximum Gasteiger partial charge on any atom is 0.0885 e. The van der Waals surface area contributed by atoms with E-state index in [0.717, 1.165) is 16.5 Å². The zero-order chi connectivity index (χ0) is 12.5. The van der Waals surface area contributed by atoms with Crippen LogP contribution in [-0.4, -0.2) is 5.11 Å². The van der Waals surface area contributed by atoms with E-state index < -0.39 is 5.60 Å². The molecule has 1 aliphatic carbocycles. The van der Waals surface area contributed by atoms with Crippen LogP contribution in [0.4, 0.5) is 0 Å². The summed E-state index contributed by atoms with van der Waals surface area (Å²) in [5.74, 6) is 0.643. The van der Waals surface area contributed by atoms with Crippen LogP contribution in [-0.2, 0) is 5.60 Å². The van der Waals surface area contributed by atoms with Crippen molar-refractivity contribution in [1.82, 2.24) is 0 Å². The number of hydrogen-bond acceptors (Lipinski definition) is 1. The third-order valence-electron chi connectivity index (χ3n) is 3.67. The van der Waals surface area contributed by atoms with Crippen LogP contribution in [0.25, 0.3) is 0 Å². The van der Waals surface area contributed by atoms with Gasteiger partial charge >= 0.3 is 0 Å². The van der Waals surface area contributed by atoms with Crippen LogP contribution in [0.2, 0.25) is 5.02 Å². The lowest BCUT2D eigenvalue weighted by molar-refractivity contribution is 0.0309. The first kappa shape index (κ1) is 13.4. The third kappa shape index (κ3) is 3.24. The summed E-state index contributed by atoms with van der Waals surface area (Å²) in [5, 5.41) is 11.3. The third-order valence-corrected chi connectivity index (χ3v) is 4.48. The molecule has 1 saturated carbocycles. The van der Waals surface area contributed by atoms with Gasteiger partial charge in [-0.1, -0.05) is 59.3 Å². The highest BCUT2D eigenvalue weighted by Gasteiger charge is 2.30. The molecule has 1 fully saturated rings. The molecular weight excluding hydrogens is 300 g/mol. The molecule has 1 nitrogen and oxygen atoms in total. The maximum atomic E-state index is 10.6. The molecule has 0 radical (unpaired) electrons. The van der Waals surface area contributed by atoms with E-state index in [1.165, 1.54) is 25.7 Å². The molecule has 3 heteroatoms. The van der Waals surface area contributed by atoms with Gasteiger partial charge in [-0.05, 0) is 31.4 Å². The standard InChI is InChI=1S/C14H18BrClO/c1-14(17,9-10-4-2-3-5-10)12-7-6-11(15)8-13(12)16/h6-8,10,17H,2-5,9H2,1H3. The maximum absolute atomic E-state index is 10.6. The Morgan fingerprint density at radius 3 is 2.65 bits per heavy atom. The predicted octanol–water partition coefficient (Wildman–Crippen LogP) is 4.89. The molecule has 17 heavy (non-hydrogen) atoms. The zero-order valence-corrected chi connectivity index (χ0v) is 12.4. The Balaban J connectivity index is 2.17. The lowest BCUT2D eigenvalue weighted by atomic mass is 9.85. The van der Waals surface area contributed by atoms with Crippen LogP contribution >= 0.6 is 27.5 Å². The second kappa shape index (κ2) is 5.29. The summed E-state index contributed by atoms with van der Waals surface area (Å²) in [5.41, 5.74) is 0.0292. The lowest BCUT2D eigenvalue weighted by Gasteiger charge is -2.28. The van der Waals surface area contributed by atoms with Gasteiger partial charge in [0.15, 0.2) is 0 Å². The second-order valence-electron chi connectivity index (χ2n) is 5.25. The molecule has 0 heterocycles. The Morgan fingerprint density at radius 1 is 1.41 bits per heavy atom. The van der Waals surface area contributed by atoms with Gasteiger partial charge in [-0.25, -0.2) is 0 Å². The number of benzene rings is 1. The molecule has 1 N–H and O–H groups in total. The highest BCUT2D eigenvalue weighted by Crippen LogP contribution is 2.39. The molecular formula is C14H18BrClO. The smallest absolute Gasteiger partial charge is 0.0885 e. The summed E-state index contributed by atoms with van der Waals surface area (Å²) >= 11 is 9.59. The van der Waals surface area contributed by atoms with Gasteiger partial charge in [-0.15, -0.1) is 0 Å². The summed E-state index contributed by atoms with van der Waals surface area (Å²) in [6.07, 6.45) is 5.90. The Labute approximate surface area is 116 Å². The molecule has 0 aromatic heterocycles. The molecule has 1 atom stereocenters. The normalized spacial score (nSPS) is 20.5. The van der Waals surface area contributed by atoms with Crippen LogP contribution in [0.1, 0.15) is 44.6 Å². The van der Waals surface area contributed by atoms with Gasteiger partial charge in [0.05, 0.1) is 5.60 Å². The molecule has 0 amide bonds. The molecule has 1 unspecified atom stereocenters. The molecule has 0 aliphatic heterocycles. The minimum absolute atomic E-state index is 0.641. The fourth-order valence-electron chi connectivity index (χ4n) is 2.81. The monoisotopic (exact) mass is 316 g/mol. The van der Waals surface area contributed by atoms with E-state index in [4.69, 9.17) is 11.6 Å². The predicted molar refractivity (Wildman–Crippen MR) is 75.3 cm³/mol. The van der Waals surface area contributed by atoms with E-state index in [1.54, 1.807) is 0 Å². The van der Waals surface area contributed by atoms with Crippen molar-refractivity contribution in [3.8, 4) is 0 Å². The summed E-state index contributed by atoms with van der Waals surface area (Å²) in [6.45, 7) is 1.88. The van der Waals surface area contributed by atoms with Crippen LogP contribution < -0.4 is 0 Å². The second-order valence-corrected chi connectivity index (χ2v) is 6.58. The quantitative estimate of drug-likeness (QED) is 0.841. The minimum Gasteiger partial charge on any atom is -0.385 e. The Kier molecular flexibility index (Phi) is 4.17. The van der Waals surface area contributed by atoms with E-state index >= 15 is 0 Å². The summed E-state index contributed by atoms with van der Waals surface area (Å²) in [7, 11) is 0. The Bertz CT molecular complexity index is 397. The average molecular weight is 318 g/mol. The fourth-order valence-corrected chi connectivity index (χ4v) is 3.69. The Morgan fingerprint density at radius 2 is 2.06 bits per heavy atom. The first-order valence-electron chi connectivity index (χ1n) is 6.17. The van der Waals surface area contributed by atoms with Crippen molar-refractivity contribution in [2.75, 3.05) is 0 Å². The fraction of sp³-hybridized carbons (Fsp3) is 0.571. The van der Waals surface area contributed by atoms with E-state index in [-0.39, 0.29) is 0 Å². The SMILES string of the molecule is CC(O)(CC1CCCC1)c1ccc(Br)cc1Cl. The topological polar surface area (TPSA) is 20.2 Å². The van der Waals surface area contributed by atoms with Crippen LogP contribution in [0.15, 0.2) is 22.7 Å². The van der Waals surface area contributed by atoms with Crippen molar-refractivity contribution in [2.24, 2.45) is 5.92 Å².